The fourth-order valence-electron chi connectivity index (χ4n) is 1.65. The van der Waals surface area contributed by atoms with E-state index in [2.05, 4.69) is 23.0 Å². The Bertz CT molecular complexity index is 506. The Morgan fingerprint density at radius 1 is 1.36 bits per heavy atom. The van der Waals surface area contributed by atoms with Crippen LogP contribution < -0.4 is 0 Å². The smallest absolute Gasteiger partial charge is 0.0708 e. The molecular weight excluding hydrogens is 170 g/mol. The number of benzene rings is 1. The van der Waals surface area contributed by atoms with Crippen LogP contribution in [0, 0.1) is 19.3 Å². The number of fused-ring (bicyclic) bond motifs is 1. The summed E-state index contributed by atoms with van der Waals surface area (Å²) in [7, 11) is 0. The Hall–Kier alpha value is -1.81. The third kappa shape index (κ3) is 1.47. The van der Waals surface area contributed by atoms with Crippen molar-refractivity contribution in [1.29, 1.82) is 0 Å². The van der Waals surface area contributed by atoms with Gasteiger partial charge in [-0.05, 0) is 24.6 Å². The Labute approximate surface area is 83.8 Å². The maximum Gasteiger partial charge on any atom is 0.0708 e. The van der Waals surface area contributed by atoms with Crippen LogP contribution in [0.15, 0.2) is 30.3 Å². The average molecular weight is 181 g/mol. The number of rotatable bonds is 1. The quantitative estimate of drug-likeness (QED) is 0.616. The zero-order valence-corrected chi connectivity index (χ0v) is 8.12. The number of nitrogens with zero attached hydrogens (tertiary/aromatic N) is 1. The topological polar surface area (TPSA) is 12.9 Å². The second kappa shape index (κ2) is 3.51. The van der Waals surface area contributed by atoms with Crippen LogP contribution in [0.2, 0.25) is 0 Å². The number of aryl methyl sites for hydroxylation is 1. The molecule has 14 heavy (non-hydrogen) atoms. The Kier molecular flexibility index (Phi) is 2.20. The molecule has 0 amide bonds. The summed E-state index contributed by atoms with van der Waals surface area (Å²) in [6.07, 6.45) is 6.00. The molecule has 1 aromatic heterocycles. The van der Waals surface area contributed by atoms with E-state index in [1.807, 2.05) is 25.1 Å². The van der Waals surface area contributed by atoms with E-state index in [0.29, 0.717) is 6.42 Å². The molecular formula is C13H11N. The summed E-state index contributed by atoms with van der Waals surface area (Å²) < 4.78 is 0. The van der Waals surface area contributed by atoms with E-state index in [9.17, 15) is 0 Å². The summed E-state index contributed by atoms with van der Waals surface area (Å²) in [5, 5.41) is 1.16. The molecule has 0 radical (unpaired) electrons. The number of hydrogen-bond donors (Lipinski definition) is 0. The van der Waals surface area contributed by atoms with Gasteiger partial charge in [0.05, 0.1) is 5.52 Å². The normalized spacial score (nSPS) is 10.0. The van der Waals surface area contributed by atoms with Crippen molar-refractivity contribution in [2.24, 2.45) is 0 Å². The van der Waals surface area contributed by atoms with Gasteiger partial charge in [0.25, 0.3) is 0 Å². The molecule has 0 unspecified atom stereocenters. The molecule has 0 fully saturated rings. The van der Waals surface area contributed by atoms with Gasteiger partial charge in [-0.1, -0.05) is 18.2 Å². The third-order valence-corrected chi connectivity index (χ3v) is 2.22. The first-order chi connectivity index (χ1) is 6.81. The summed E-state index contributed by atoms with van der Waals surface area (Å²) in [5.74, 6) is 2.68. The molecule has 1 heteroatoms. The van der Waals surface area contributed by atoms with Crippen LogP contribution in [0.1, 0.15) is 11.3 Å². The molecule has 0 aliphatic carbocycles. The summed E-state index contributed by atoms with van der Waals surface area (Å²) >= 11 is 0. The maximum absolute atomic E-state index is 5.33. The van der Waals surface area contributed by atoms with Gasteiger partial charge in [0.15, 0.2) is 0 Å². The molecule has 0 bridgehead atoms. The lowest BCUT2D eigenvalue weighted by atomic mass is 10.1. The summed E-state index contributed by atoms with van der Waals surface area (Å²) in [6.45, 7) is 1.99. The number of aromatic nitrogens is 1. The summed E-state index contributed by atoms with van der Waals surface area (Å²) in [5.41, 5.74) is 3.24. The molecule has 0 atom stereocenters. The highest BCUT2D eigenvalue weighted by atomic mass is 14.7. The number of terminal acetylenes is 1. The minimum absolute atomic E-state index is 0.671. The maximum atomic E-state index is 5.33. The summed E-state index contributed by atoms with van der Waals surface area (Å²) in [6, 6.07) is 10.1. The van der Waals surface area contributed by atoms with Crippen LogP contribution >= 0.6 is 0 Å². The van der Waals surface area contributed by atoms with Gasteiger partial charge in [-0.15, -0.1) is 12.3 Å². The zero-order chi connectivity index (χ0) is 9.97. The van der Waals surface area contributed by atoms with E-state index >= 15 is 0 Å². The van der Waals surface area contributed by atoms with Gasteiger partial charge in [0, 0.05) is 17.5 Å². The highest BCUT2D eigenvalue weighted by Gasteiger charge is 2.01. The molecule has 2 aromatic rings. The van der Waals surface area contributed by atoms with E-state index in [-0.39, 0.29) is 0 Å². The van der Waals surface area contributed by atoms with E-state index in [0.717, 1.165) is 16.6 Å². The third-order valence-electron chi connectivity index (χ3n) is 2.22. The lowest BCUT2D eigenvalue weighted by Crippen LogP contribution is -1.90. The largest absolute Gasteiger partial charge is 0.253 e. The molecule has 0 spiro atoms. The van der Waals surface area contributed by atoms with Crippen molar-refractivity contribution < 1.29 is 0 Å². The molecule has 0 aliphatic rings. The second-order valence-corrected chi connectivity index (χ2v) is 3.32. The second-order valence-electron chi connectivity index (χ2n) is 3.32. The van der Waals surface area contributed by atoms with Crippen LogP contribution in [-0.4, -0.2) is 4.98 Å². The zero-order valence-electron chi connectivity index (χ0n) is 8.12. The van der Waals surface area contributed by atoms with Crippen molar-refractivity contribution in [3.05, 3.63) is 41.6 Å². The van der Waals surface area contributed by atoms with Gasteiger partial charge in [-0.2, -0.15) is 0 Å². The highest BCUT2D eigenvalue weighted by Crippen LogP contribution is 2.18. The van der Waals surface area contributed by atoms with Gasteiger partial charge < -0.3 is 0 Å². The van der Waals surface area contributed by atoms with Crippen LogP contribution in [0.3, 0.4) is 0 Å². The molecule has 1 aromatic carbocycles. The van der Waals surface area contributed by atoms with Crippen molar-refractivity contribution in [3.63, 3.8) is 0 Å². The fourth-order valence-corrected chi connectivity index (χ4v) is 1.65. The number of pyridine rings is 1. The summed E-state index contributed by atoms with van der Waals surface area (Å²) in [4.78, 5) is 4.45. The minimum Gasteiger partial charge on any atom is -0.253 e. The van der Waals surface area contributed by atoms with Crippen LogP contribution in [0.25, 0.3) is 10.9 Å². The van der Waals surface area contributed by atoms with Gasteiger partial charge in [0.2, 0.25) is 0 Å². The first-order valence-electron chi connectivity index (χ1n) is 4.60. The van der Waals surface area contributed by atoms with Gasteiger partial charge in [0.1, 0.15) is 0 Å². The number of para-hydroxylation sites is 1. The van der Waals surface area contributed by atoms with E-state index in [1.165, 1.54) is 5.56 Å². The lowest BCUT2D eigenvalue weighted by Gasteiger charge is -2.04. The molecule has 0 saturated carbocycles. The van der Waals surface area contributed by atoms with Crippen LogP contribution in [-0.2, 0) is 6.42 Å². The first kappa shape index (κ1) is 8.77. The molecule has 1 heterocycles. The standard InChI is InChI=1S/C13H11N/c1-3-6-11-9-10(2)14-13-8-5-4-7-12(11)13/h1,4-5,7-9H,6H2,2H3. The van der Waals surface area contributed by atoms with Crippen LogP contribution in [0.5, 0.6) is 0 Å². The van der Waals surface area contributed by atoms with E-state index in [1.54, 1.807) is 0 Å². The molecule has 68 valence electrons. The number of hydrogen-bond acceptors (Lipinski definition) is 1. The lowest BCUT2D eigenvalue weighted by molar-refractivity contribution is 1.21. The monoisotopic (exact) mass is 181 g/mol. The van der Waals surface area contributed by atoms with E-state index in [4.69, 9.17) is 6.42 Å². The fraction of sp³-hybridized carbons (Fsp3) is 0.154. The average Bonchev–Trinajstić information content (AvgIpc) is 2.18. The van der Waals surface area contributed by atoms with Crippen LogP contribution in [0.4, 0.5) is 0 Å². The highest BCUT2D eigenvalue weighted by molar-refractivity contribution is 5.82. The van der Waals surface area contributed by atoms with Crippen molar-refractivity contribution in [1.82, 2.24) is 4.98 Å². The van der Waals surface area contributed by atoms with Gasteiger partial charge in [-0.25, -0.2) is 0 Å². The predicted molar refractivity (Wildman–Crippen MR) is 59.0 cm³/mol. The minimum atomic E-state index is 0.671. The SMILES string of the molecule is C#CCc1cc(C)nc2ccccc12. The van der Waals surface area contributed by atoms with Crippen molar-refractivity contribution >= 4 is 10.9 Å². The molecule has 1 nitrogen and oxygen atoms in total. The molecule has 0 saturated heterocycles. The Morgan fingerprint density at radius 2 is 2.14 bits per heavy atom. The molecule has 0 aliphatic heterocycles. The van der Waals surface area contributed by atoms with Gasteiger partial charge in [-0.3, -0.25) is 4.98 Å². The Morgan fingerprint density at radius 3 is 2.93 bits per heavy atom. The van der Waals surface area contributed by atoms with Crippen molar-refractivity contribution in [3.8, 4) is 12.3 Å². The van der Waals surface area contributed by atoms with Crippen molar-refractivity contribution in [2.75, 3.05) is 0 Å². The Balaban J connectivity index is 2.74. The van der Waals surface area contributed by atoms with E-state index < -0.39 is 0 Å². The predicted octanol–water partition coefficient (Wildman–Crippen LogP) is 2.72. The van der Waals surface area contributed by atoms with Crippen molar-refractivity contribution in [2.45, 2.75) is 13.3 Å². The van der Waals surface area contributed by atoms with Gasteiger partial charge >= 0.3 is 0 Å². The molecule has 2 rings (SSSR count). The molecule has 0 N–H and O–H groups in total. The first-order valence-corrected chi connectivity index (χ1v) is 4.60.